The molecule has 10 nitrogen and oxygen atoms in total. The summed E-state index contributed by atoms with van der Waals surface area (Å²) in [6, 6.07) is 21.6. The number of aliphatic hydroxyl groups is 2. The van der Waals surface area contributed by atoms with E-state index in [2.05, 4.69) is 58.5 Å². The third-order valence-corrected chi connectivity index (χ3v) is 14.4. The molecular formula is C58H82N2O8. The fourth-order valence-corrected chi connectivity index (χ4v) is 10.8. The summed E-state index contributed by atoms with van der Waals surface area (Å²) in [6.07, 6.45) is 21.5. The standard InChI is InChI=1S/C58H82N2O8/c1-6-9-10-11-12-13-14-15-16-24-37-64-57(63)60(33-7-2)54-41-52(59-66-42-45-25-18-17-19-26-45)50-39-46(27-20-22-34-61)49(28-21-23-35-62)55-51-40-48(67-47-30-29-43(4)44(5)38-47)31-32-53(51)68-58(54,56(50)55)65-36-8-3/h8,17-19,25-26,29-32,38-40,46,49,54-56,61-62H,3,6-7,9-16,20-24,27-28,33-37,41-42H2,1-2,4-5H3/t46-,49+,54-,55+,56+,58+/m0/s1. The highest BCUT2D eigenvalue weighted by Crippen LogP contribution is 2.62. The number of rotatable bonds is 30. The minimum Gasteiger partial charge on any atom is -0.459 e. The first kappa shape index (κ1) is 52.7. The normalized spacial score (nSPS) is 22.1. The Balaban J connectivity index is 1.43. The molecule has 10 heteroatoms. The maximum atomic E-state index is 14.7. The average molecular weight is 935 g/mol. The first-order valence-corrected chi connectivity index (χ1v) is 26.2. The molecular weight excluding hydrogens is 853 g/mol. The first-order chi connectivity index (χ1) is 33.3. The minimum absolute atomic E-state index is 0.0911. The predicted octanol–water partition coefficient (Wildman–Crippen LogP) is 13.7. The number of oxime groups is 1. The molecule has 1 aliphatic heterocycles. The number of hydrogen-bond donors (Lipinski definition) is 2. The number of ether oxygens (including phenoxy) is 4. The molecule has 0 radical (unpaired) electrons. The van der Waals surface area contributed by atoms with E-state index in [9.17, 15) is 15.0 Å². The molecule has 1 amide bonds. The number of nitrogens with zero attached hydrogens (tertiary/aromatic N) is 2. The molecule has 2 N–H and O–H groups in total. The predicted molar refractivity (Wildman–Crippen MR) is 272 cm³/mol. The van der Waals surface area contributed by atoms with Crippen molar-refractivity contribution in [2.24, 2.45) is 22.9 Å². The second-order valence-corrected chi connectivity index (χ2v) is 19.4. The van der Waals surface area contributed by atoms with E-state index >= 15 is 0 Å². The molecule has 0 unspecified atom stereocenters. The first-order valence-electron chi connectivity index (χ1n) is 26.2. The van der Waals surface area contributed by atoms with Gasteiger partial charge in [-0.05, 0) is 117 Å². The summed E-state index contributed by atoms with van der Waals surface area (Å²) in [7, 11) is 0. The summed E-state index contributed by atoms with van der Waals surface area (Å²) in [5.41, 5.74) is 6.12. The zero-order valence-electron chi connectivity index (χ0n) is 41.8. The van der Waals surface area contributed by atoms with E-state index in [-0.39, 0.29) is 50.3 Å². The summed E-state index contributed by atoms with van der Waals surface area (Å²) in [6.45, 7) is 14.1. The van der Waals surface area contributed by atoms with Crippen molar-refractivity contribution in [2.75, 3.05) is 33.0 Å². The number of carbonyl (C=O) groups excluding carboxylic acids is 1. The monoisotopic (exact) mass is 935 g/mol. The molecule has 1 fully saturated rings. The van der Waals surface area contributed by atoms with Crippen LogP contribution in [0.1, 0.15) is 158 Å². The Kier molecular flexibility index (Phi) is 21.3. The molecule has 3 aliphatic rings. The van der Waals surface area contributed by atoms with Crippen molar-refractivity contribution < 1.29 is 38.8 Å². The summed E-state index contributed by atoms with van der Waals surface area (Å²) in [4.78, 5) is 22.8. The molecule has 0 aromatic heterocycles. The van der Waals surface area contributed by atoms with Crippen LogP contribution in [0.4, 0.5) is 4.79 Å². The summed E-state index contributed by atoms with van der Waals surface area (Å²) in [5.74, 6) is 0.395. The van der Waals surface area contributed by atoms with Gasteiger partial charge in [-0.1, -0.05) is 138 Å². The molecule has 372 valence electrons. The van der Waals surface area contributed by atoms with Crippen LogP contribution in [-0.2, 0) is 20.9 Å². The number of unbranched alkanes of at least 4 members (excludes halogenated alkanes) is 11. The fraction of sp³-hybridized carbons (Fsp3) is 0.586. The Hall–Kier alpha value is -4.64. The SMILES string of the molecule is C=CCO[C@@]12Oc3ccc(Oc4ccc(C)c(C)c4)cc3[C@H]3[C@H](CCCCO)[C@@H](CCCCO)C=C(C(=NOCc4ccccc4)C[C@@H]1N(CCC)C(=O)OCCCCCCCCCCCC)[C@H]32. The molecule has 1 saturated carbocycles. The molecule has 6 rings (SSSR count). The molecule has 0 bridgehead atoms. The Morgan fingerprint density at radius 2 is 1.51 bits per heavy atom. The zero-order valence-corrected chi connectivity index (χ0v) is 41.8. The van der Waals surface area contributed by atoms with Gasteiger partial charge in [-0.2, -0.15) is 0 Å². The van der Waals surface area contributed by atoms with Gasteiger partial charge in [0.15, 0.2) is 0 Å². The Bertz CT molecular complexity index is 2070. The van der Waals surface area contributed by atoms with Gasteiger partial charge < -0.3 is 34.0 Å². The van der Waals surface area contributed by atoms with E-state index in [1.165, 1.54) is 50.5 Å². The van der Waals surface area contributed by atoms with Gasteiger partial charge in [0.05, 0.1) is 24.8 Å². The van der Waals surface area contributed by atoms with E-state index in [4.69, 9.17) is 28.9 Å². The van der Waals surface area contributed by atoms with Crippen molar-refractivity contribution in [1.29, 1.82) is 0 Å². The highest BCUT2D eigenvalue weighted by molar-refractivity contribution is 6.03. The molecule has 1 heterocycles. The van der Waals surface area contributed by atoms with Crippen molar-refractivity contribution in [3.63, 3.8) is 0 Å². The van der Waals surface area contributed by atoms with Gasteiger partial charge in [-0.3, -0.25) is 4.90 Å². The van der Waals surface area contributed by atoms with Gasteiger partial charge in [0.1, 0.15) is 29.9 Å². The number of aliphatic hydroxyl groups excluding tert-OH is 2. The lowest BCUT2D eigenvalue weighted by atomic mass is 9.55. The molecule has 6 atom stereocenters. The van der Waals surface area contributed by atoms with Crippen molar-refractivity contribution in [3.05, 3.63) is 113 Å². The maximum absolute atomic E-state index is 14.7. The number of benzene rings is 3. The number of hydrogen-bond acceptors (Lipinski definition) is 9. The maximum Gasteiger partial charge on any atom is 0.410 e. The Morgan fingerprint density at radius 3 is 2.21 bits per heavy atom. The topological polar surface area (TPSA) is 119 Å². The molecule has 3 aromatic rings. The van der Waals surface area contributed by atoms with Crippen molar-refractivity contribution >= 4 is 11.8 Å². The Morgan fingerprint density at radius 1 is 0.824 bits per heavy atom. The minimum atomic E-state index is -1.36. The van der Waals surface area contributed by atoms with Crippen LogP contribution in [0.2, 0.25) is 0 Å². The van der Waals surface area contributed by atoms with Crippen molar-refractivity contribution in [2.45, 2.75) is 168 Å². The van der Waals surface area contributed by atoms with Gasteiger partial charge in [-0.15, -0.1) is 6.58 Å². The van der Waals surface area contributed by atoms with Crippen LogP contribution in [0, 0.1) is 31.6 Å². The zero-order chi connectivity index (χ0) is 48.1. The molecule has 0 saturated heterocycles. The molecule has 3 aromatic carbocycles. The molecule has 2 aliphatic carbocycles. The lowest BCUT2D eigenvalue weighted by molar-refractivity contribution is -0.255. The van der Waals surface area contributed by atoms with E-state index in [1.807, 2.05) is 53.4 Å². The smallest absolute Gasteiger partial charge is 0.410 e. The Labute approximate surface area is 408 Å². The number of fused-ring (bicyclic) bond motifs is 2. The van der Waals surface area contributed by atoms with E-state index in [0.717, 1.165) is 78.7 Å². The third kappa shape index (κ3) is 13.8. The van der Waals surface area contributed by atoms with Crippen molar-refractivity contribution in [1.82, 2.24) is 4.90 Å². The van der Waals surface area contributed by atoms with Gasteiger partial charge in [0.2, 0.25) is 5.79 Å². The largest absolute Gasteiger partial charge is 0.459 e. The van der Waals surface area contributed by atoms with Crippen LogP contribution < -0.4 is 9.47 Å². The summed E-state index contributed by atoms with van der Waals surface area (Å²) >= 11 is 0. The van der Waals surface area contributed by atoms with Crippen LogP contribution in [0.3, 0.4) is 0 Å². The lowest BCUT2D eigenvalue weighted by Gasteiger charge is -2.59. The highest BCUT2D eigenvalue weighted by atomic mass is 16.7. The van der Waals surface area contributed by atoms with Crippen LogP contribution in [-0.4, -0.2) is 71.7 Å². The van der Waals surface area contributed by atoms with Crippen molar-refractivity contribution in [3.8, 4) is 17.2 Å². The highest BCUT2D eigenvalue weighted by Gasteiger charge is 2.65. The average Bonchev–Trinajstić information content (AvgIpc) is 3.34. The van der Waals surface area contributed by atoms with Crippen LogP contribution in [0.15, 0.2) is 96.2 Å². The fourth-order valence-electron chi connectivity index (χ4n) is 10.8. The lowest BCUT2D eigenvalue weighted by Crippen LogP contribution is -2.70. The van der Waals surface area contributed by atoms with Gasteiger partial charge in [0, 0.05) is 37.7 Å². The number of aryl methyl sites for hydroxylation is 2. The quantitative estimate of drug-likeness (QED) is 0.0385. The number of allylic oxidation sites excluding steroid dienone is 1. The summed E-state index contributed by atoms with van der Waals surface area (Å²) < 4.78 is 27.4. The second-order valence-electron chi connectivity index (χ2n) is 19.4. The van der Waals surface area contributed by atoms with E-state index < -0.39 is 17.7 Å². The van der Waals surface area contributed by atoms with Gasteiger partial charge in [0.25, 0.3) is 0 Å². The van der Waals surface area contributed by atoms with E-state index in [0.29, 0.717) is 50.3 Å². The second kappa shape index (κ2) is 27.5. The van der Waals surface area contributed by atoms with Gasteiger partial charge >= 0.3 is 6.09 Å². The van der Waals surface area contributed by atoms with Crippen LogP contribution in [0.25, 0.3) is 0 Å². The number of amides is 1. The third-order valence-electron chi connectivity index (χ3n) is 14.4. The van der Waals surface area contributed by atoms with Gasteiger partial charge in [-0.25, -0.2) is 4.79 Å². The van der Waals surface area contributed by atoms with E-state index in [1.54, 1.807) is 6.08 Å². The molecule has 0 spiro atoms. The van der Waals surface area contributed by atoms with Crippen LogP contribution >= 0.6 is 0 Å². The summed E-state index contributed by atoms with van der Waals surface area (Å²) in [5, 5.41) is 25.0. The van der Waals surface area contributed by atoms with Crippen LogP contribution in [0.5, 0.6) is 17.2 Å². The number of carbonyl (C=O) groups is 1. The molecule has 68 heavy (non-hydrogen) atoms.